The summed E-state index contributed by atoms with van der Waals surface area (Å²) < 4.78 is 5.07. The molecule has 25 heavy (non-hydrogen) atoms. The van der Waals surface area contributed by atoms with Crippen LogP contribution in [0.1, 0.15) is 5.76 Å². The summed E-state index contributed by atoms with van der Waals surface area (Å²) in [6.07, 6.45) is 4.57. The molecule has 0 aliphatic heterocycles. The van der Waals surface area contributed by atoms with Crippen molar-refractivity contribution < 1.29 is 9.21 Å². The van der Waals surface area contributed by atoms with Gasteiger partial charge in [0.1, 0.15) is 5.76 Å². The van der Waals surface area contributed by atoms with Crippen LogP contribution in [0.2, 0.25) is 0 Å². The van der Waals surface area contributed by atoms with Crippen molar-refractivity contribution in [1.29, 1.82) is 0 Å². The number of amides is 2. The molecule has 7 heteroatoms. The van der Waals surface area contributed by atoms with E-state index in [-0.39, 0.29) is 12.6 Å². The molecule has 3 N–H and O–H groups in total. The van der Waals surface area contributed by atoms with E-state index in [0.29, 0.717) is 11.4 Å². The summed E-state index contributed by atoms with van der Waals surface area (Å²) in [5.41, 5.74) is 4.69. The molecule has 0 aliphatic carbocycles. The van der Waals surface area contributed by atoms with Crippen LogP contribution >= 0.6 is 0 Å². The number of fused-ring (bicyclic) bond motifs is 1. The first-order valence-corrected chi connectivity index (χ1v) is 7.74. The maximum Gasteiger partial charge on any atom is 0.319 e. The summed E-state index contributed by atoms with van der Waals surface area (Å²) in [6.45, 7) is 0.283. The number of hydrogen-bond donors (Lipinski definition) is 3. The highest BCUT2D eigenvalue weighted by Gasteiger charge is 2.07. The van der Waals surface area contributed by atoms with Gasteiger partial charge in [-0.1, -0.05) is 24.3 Å². The molecule has 4 rings (SSSR count). The van der Waals surface area contributed by atoms with Gasteiger partial charge in [0.05, 0.1) is 30.1 Å². The average molecular weight is 333 g/mol. The molecule has 0 aliphatic rings. The molecule has 0 unspecified atom stereocenters. The second-order valence-corrected chi connectivity index (χ2v) is 5.46. The summed E-state index contributed by atoms with van der Waals surface area (Å²) in [5.74, 6) is 0.595. The maximum atomic E-state index is 11.9. The lowest BCUT2D eigenvalue weighted by molar-refractivity contribution is 0.251. The van der Waals surface area contributed by atoms with Crippen molar-refractivity contribution in [2.24, 2.45) is 0 Å². The Bertz CT molecular complexity index is 990. The molecule has 2 aromatic carbocycles. The quantitative estimate of drug-likeness (QED) is 0.532. The number of nitrogens with zero attached hydrogens (tertiary/aromatic N) is 2. The maximum absolute atomic E-state index is 11.9. The summed E-state index contributed by atoms with van der Waals surface area (Å²) >= 11 is 0. The van der Waals surface area contributed by atoms with Crippen LogP contribution in [0.3, 0.4) is 0 Å². The highest BCUT2D eigenvalue weighted by Crippen LogP contribution is 2.27. The van der Waals surface area contributed by atoms with Crippen LogP contribution in [0.15, 0.2) is 65.8 Å². The lowest BCUT2D eigenvalue weighted by Gasteiger charge is -2.08. The molecular weight excluding hydrogens is 318 g/mol. The summed E-state index contributed by atoms with van der Waals surface area (Å²) in [5, 5.41) is 5.48. The van der Waals surface area contributed by atoms with E-state index in [1.807, 2.05) is 42.5 Å². The lowest BCUT2D eigenvalue weighted by atomic mass is 10.0. The van der Waals surface area contributed by atoms with Gasteiger partial charge in [-0.25, -0.2) is 14.8 Å². The highest BCUT2D eigenvalue weighted by atomic mass is 16.3. The number of benzene rings is 2. The van der Waals surface area contributed by atoms with Crippen molar-refractivity contribution in [3.05, 3.63) is 67.1 Å². The van der Waals surface area contributed by atoms with Gasteiger partial charge in [-0.3, -0.25) is 0 Å². The van der Waals surface area contributed by atoms with E-state index in [9.17, 15) is 4.79 Å². The first-order chi connectivity index (χ1) is 12.3. The van der Waals surface area contributed by atoms with Gasteiger partial charge in [-0.15, -0.1) is 0 Å². The molecule has 0 saturated heterocycles. The number of anilines is 1. The Morgan fingerprint density at radius 2 is 2.04 bits per heavy atom. The van der Waals surface area contributed by atoms with Gasteiger partial charge in [0.15, 0.2) is 6.39 Å². The third-order valence-corrected chi connectivity index (χ3v) is 3.81. The van der Waals surface area contributed by atoms with E-state index < -0.39 is 0 Å². The highest BCUT2D eigenvalue weighted by molar-refractivity contribution is 5.93. The summed E-state index contributed by atoms with van der Waals surface area (Å²) in [4.78, 5) is 23.2. The molecule has 4 aromatic rings. The predicted molar refractivity (Wildman–Crippen MR) is 93.9 cm³/mol. The van der Waals surface area contributed by atoms with Crippen molar-refractivity contribution in [2.75, 3.05) is 5.32 Å². The van der Waals surface area contributed by atoms with Gasteiger partial charge in [0, 0.05) is 11.3 Å². The second kappa shape index (κ2) is 6.48. The minimum Gasteiger partial charge on any atom is -0.447 e. The van der Waals surface area contributed by atoms with Gasteiger partial charge >= 0.3 is 6.03 Å². The van der Waals surface area contributed by atoms with Crippen LogP contribution in [-0.2, 0) is 6.54 Å². The van der Waals surface area contributed by atoms with E-state index in [0.717, 1.165) is 22.2 Å². The smallest absolute Gasteiger partial charge is 0.319 e. The first-order valence-electron chi connectivity index (χ1n) is 7.74. The van der Waals surface area contributed by atoms with E-state index in [4.69, 9.17) is 4.42 Å². The molecule has 124 valence electrons. The number of oxazole rings is 1. The Morgan fingerprint density at radius 1 is 1.16 bits per heavy atom. The Labute approximate surface area is 143 Å². The molecule has 0 atom stereocenters. The van der Waals surface area contributed by atoms with Crippen LogP contribution in [-0.4, -0.2) is 21.0 Å². The Balaban J connectivity index is 1.45. The minimum absolute atomic E-state index is 0.283. The molecular formula is C18H15N5O2. The van der Waals surface area contributed by atoms with Crippen LogP contribution in [0.25, 0.3) is 22.2 Å². The van der Waals surface area contributed by atoms with Crippen LogP contribution in [0, 0.1) is 0 Å². The zero-order valence-corrected chi connectivity index (χ0v) is 13.2. The fourth-order valence-corrected chi connectivity index (χ4v) is 2.60. The fourth-order valence-electron chi connectivity index (χ4n) is 2.60. The zero-order chi connectivity index (χ0) is 17.1. The number of rotatable bonds is 4. The largest absolute Gasteiger partial charge is 0.447 e. The number of carbonyl (C=O) groups excluding carboxylic acids is 1. The number of nitrogens with one attached hydrogen (secondary N) is 3. The number of urea groups is 1. The number of H-pyrrole nitrogens is 1. The molecule has 0 fully saturated rings. The SMILES string of the molecule is O=C(NCc1cnco1)Nc1ccc(-c2cccc3[nH]cnc23)cc1. The topological polar surface area (TPSA) is 95.8 Å². The fraction of sp³-hybridized carbons (Fsp3) is 0.0556. The first kappa shape index (κ1) is 14.9. The van der Waals surface area contributed by atoms with Crippen molar-refractivity contribution in [2.45, 2.75) is 6.54 Å². The second-order valence-electron chi connectivity index (χ2n) is 5.46. The Kier molecular flexibility index (Phi) is 3.88. The van der Waals surface area contributed by atoms with Crippen molar-refractivity contribution in [3.63, 3.8) is 0 Å². The summed E-state index contributed by atoms with van der Waals surface area (Å²) in [6, 6.07) is 13.3. The number of imidazole rings is 1. The van der Waals surface area contributed by atoms with E-state index in [1.54, 1.807) is 12.5 Å². The third kappa shape index (κ3) is 3.20. The number of para-hydroxylation sites is 1. The van der Waals surface area contributed by atoms with Gasteiger partial charge in [-0.05, 0) is 23.8 Å². The lowest BCUT2D eigenvalue weighted by Crippen LogP contribution is -2.27. The molecule has 0 radical (unpaired) electrons. The molecule has 7 nitrogen and oxygen atoms in total. The molecule has 2 heterocycles. The van der Waals surface area contributed by atoms with E-state index in [1.165, 1.54) is 6.39 Å². The van der Waals surface area contributed by atoms with Gasteiger partial charge in [-0.2, -0.15) is 0 Å². The van der Waals surface area contributed by atoms with Crippen LogP contribution in [0.5, 0.6) is 0 Å². The van der Waals surface area contributed by atoms with Gasteiger partial charge < -0.3 is 20.0 Å². The number of carbonyl (C=O) groups is 1. The van der Waals surface area contributed by atoms with E-state index >= 15 is 0 Å². The molecule has 2 aromatic heterocycles. The van der Waals surface area contributed by atoms with Gasteiger partial charge in [0.25, 0.3) is 0 Å². The monoisotopic (exact) mass is 333 g/mol. The van der Waals surface area contributed by atoms with Crippen LogP contribution < -0.4 is 10.6 Å². The minimum atomic E-state index is -0.307. The van der Waals surface area contributed by atoms with E-state index in [2.05, 4.69) is 25.6 Å². The third-order valence-electron chi connectivity index (χ3n) is 3.81. The standard InChI is InChI=1S/C18H15N5O2/c24-18(20-9-14-8-19-11-25-14)23-13-6-4-12(5-7-13)15-2-1-3-16-17(15)22-10-21-16/h1-8,10-11H,9H2,(H,21,22)(H2,20,23,24). The average Bonchev–Trinajstić information content (AvgIpc) is 3.32. The van der Waals surface area contributed by atoms with Crippen LogP contribution in [0.4, 0.5) is 10.5 Å². The molecule has 0 bridgehead atoms. The van der Waals surface area contributed by atoms with Crippen molar-refractivity contribution in [1.82, 2.24) is 20.3 Å². The summed E-state index contributed by atoms with van der Waals surface area (Å²) in [7, 11) is 0. The van der Waals surface area contributed by atoms with Crippen molar-refractivity contribution in [3.8, 4) is 11.1 Å². The molecule has 0 saturated carbocycles. The zero-order valence-electron chi connectivity index (χ0n) is 13.2. The van der Waals surface area contributed by atoms with Crippen molar-refractivity contribution >= 4 is 22.8 Å². The molecule has 2 amide bonds. The Hall–Kier alpha value is -3.61. The normalized spacial score (nSPS) is 10.7. The number of aromatic amines is 1. The molecule has 0 spiro atoms. The number of hydrogen-bond acceptors (Lipinski definition) is 4. The predicted octanol–water partition coefficient (Wildman–Crippen LogP) is 3.54. The number of aromatic nitrogens is 3. The van der Waals surface area contributed by atoms with Gasteiger partial charge in [0.2, 0.25) is 0 Å². The Morgan fingerprint density at radius 3 is 2.84 bits per heavy atom.